The van der Waals surface area contributed by atoms with Gasteiger partial charge in [0.25, 0.3) is 11.8 Å². The summed E-state index contributed by atoms with van der Waals surface area (Å²) in [5, 5.41) is 2.13. The minimum atomic E-state index is -1.06. The molecule has 0 bridgehead atoms. The molecule has 0 radical (unpaired) electrons. The van der Waals surface area contributed by atoms with Gasteiger partial charge in [0.1, 0.15) is 11.9 Å². The second-order valence-electron chi connectivity index (χ2n) is 7.12. The number of fused-ring (bicyclic) bond motifs is 1. The van der Waals surface area contributed by atoms with Gasteiger partial charge in [-0.1, -0.05) is 0 Å². The SMILES string of the molecule is NC1CCN(c2cc3c(cc2F)C(=O)N(C2CCC(=O)NC2=O)C3=O)CC1. The zero-order valence-electron chi connectivity index (χ0n) is 14.5. The molecule has 0 saturated carbocycles. The molecule has 4 rings (SSSR count). The third-order valence-corrected chi connectivity index (χ3v) is 5.39. The third kappa shape index (κ3) is 2.87. The van der Waals surface area contributed by atoms with Crippen LogP contribution in [0.4, 0.5) is 10.1 Å². The summed E-state index contributed by atoms with van der Waals surface area (Å²) in [6.07, 6.45) is 1.53. The zero-order valence-corrected chi connectivity index (χ0v) is 14.5. The van der Waals surface area contributed by atoms with Crippen LogP contribution in [0.1, 0.15) is 46.4 Å². The van der Waals surface area contributed by atoms with Crippen molar-refractivity contribution in [2.45, 2.75) is 37.8 Å². The van der Waals surface area contributed by atoms with Crippen molar-refractivity contribution >= 4 is 29.3 Å². The maximum absolute atomic E-state index is 14.6. The Morgan fingerprint density at radius 3 is 2.26 bits per heavy atom. The smallest absolute Gasteiger partial charge is 0.262 e. The van der Waals surface area contributed by atoms with Crippen LogP contribution in [0.5, 0.6) is 0 Å². The highest BCUT2D eigenvalue weighted by atomic mass is 19.1. The first-order chi connectivity index (χ1) is 12.9. The molecular weight excluding hydrogens is 355 g/mol. The highest BCUT2D eigenvalue weighted by molar-refractivity contribution is 6.23. The van der Waals surface area contributed by atoms with E-state index < -0.39 is 35.5 Å². The van der Waals surface area contributed by atoms with Crippen LogP contribution in [0.2, 0.25) is 0 Å². The van der Waals surface area contributed by atoms with E-state index in [2.05, 4.69) is 5.32 Å². The molecular formula is C18H19FN4O4. The average Bonchev–Trinajstić information content (AvgIpc) is 2.86. The van der Waals surface area contributed by atoms with Crippen LogP contribution >= 0.6 is 0 Å². The Kier molecular flexibility index (Phi) is 4.18. The fourth-order valence-corrected chi connectivity index (χ4v) is 3.86. The van der Waals surface area contributed by atoms with Gasteiger partial charge in [-0.15, -0.1) is 0 Å². The Morgan fingerprint density at radius 1 is 1.00 bits per heavy atom. The van der Waals surface area contributed by atoms with Gasteiger partial charge in [0, 0.05) is 25.6 Å². The first-order valence-electron chi connectivity index (χ1n) is 8.92. The summed E-state index contributed by atoms with van der Waals surface area (Å²) < 4.78 is 14.6. The van der Waals surface area contributed by atoms with Gasteiger partial charge >= 0.3 is 0 Å². The molecule has 1 atom stereocenters. The van der Waals surface area contributed by atoms with Gasteiger partial charge < -0.3 is 10.6 Å². The Labute approximate surface area is 154 Å². The quantitative estimate of drug-likeness (QED) is 0.713. The lowest BCUT2D eigenvalue weighted by atomic mass is 10.0. The summed E-state index contributed by atoms with van der Waals surface area (Å²) in [4.78, 5) is 51.5. The van der Waals surface area contributed by atoms with Crippen molar-refractivity contribution in [3.8, 4) is 0 Å². The highest BCUT2D eigenvalue weighted by Gasteiger charge is 2.45. The number of nitrogens with zero attached hydrogens (tertiary/aromatic N) is 2. The zero-order chi connectivity index (χ0) is 19.3. The summed E-state index contributed by atoms with van der Waals surface area (Å²) >= 11 is 0. The monoisotopic (exact) mass is 374 g/mol. The molecule has 9 heteroatoms. The van der Waals surface area contributed by atoms with Crippen LogP contribution in [-0.4, -0.2) is 53.7 Å². The van der Waals surface area contributed by atoms with E-state index in [4.69, 9.17) is 5.73 Å². The molecule has 1 aromatic carbocycles. The molecule has 4 amide bonds. The van der Waals surface area contributed by atoms with Crippen molar-refractivity contribution in [1.29, 1.82) is 0 Å². The number of nitrogens with two attached hydrogens (primary N) is 1. The molecule has 3 aliphatic heterocycles. The summed E-state index contributed by atoms with van der Waals surface area (Å²) in [7, 11) is 0. The lowest BCUT2D eigenvalue weighted by molar-refractivity contribution is -0.136. The standard InChI is InChI=1S/C18H19FN4O4/c19-12-7-10-11(8-14(12)22-5-3-9(20)4-6-22)18(27)23(17(10)26)13-1-2-15(24)21-16(13)25/h7-9,13H,1-6,20H2,(H,21,24,25). The Balaban J connectivity index is 1.65. The van der Waals surface area contributed by atoms with E-state index in [1.807, 2.05) is 4.90 Å². The molecule has 27 heavy (non-hydrogen) atoms. The Hall–Kier alpha value is -2.81. The first kappa shape index (κ1) is 17.6. The normalized spacial score (nSPS) is 23.7. The average molecular weight is 374 g/mol. The van der Waals surface area contributed by atoms with E-state index in [9.17, 15) is 23.6 Å². The van der Waals surface area contributed by atoms with Gasteiger partial charge in [-0.3, -0.25) is 29.4 Å². The van der Waals surface area contributed by atoms with Crippen LogP contribution in [0.25, 0.3) is 0 Å². The molecule has 8 nitrogen and oxygen atoms in total. The van der Waals surface area contributed by atoms with Crippen LogP contribution < -0.4 is 16.0 Å². The topological polar surface area (TPSA) is 113 Å². The van der Waals surface area contributed by atoms with Crippen molar-refractivity contribution < 1.29 is 23.6 Å². The van der Waals surface area contributed by atoms with Crippen molar-refractivity contribution in [2.75, 3.05) is 18.0 Å². The number of carbonyl (C=O) groups is 4. The number of piperidine rings is 2. The maximum atomic E-state index is 14.6. The maximum Gasteiger partial charge on any atom is 0.262 e. The third-order valence-electron chi connectivity index (χ3n) is 5.39. The van der Waals surface area contributed by atoms with Gasteiger partial charge in [-0.05, 0) is 31.4 Å². The molecule has 142 valence electrons. The second kappa shape index (κ2) is 6.41. The number of hydrogen-bond acceptors (Lipinski definition) is 6. The number of carbonyl (C=O) groups excluding carboxylic acids is 4. The minimum Gasteiger partial charge on any atom is -0.369 e. The largest absolute Gasteiger partial charge is 0.369 e. The van der Waals surface area contributed by atoms with E-state index in [0.29, 0.717) is 25.9 Å². The minimum absolute atomic E-state index is 0.0391. The number of rotatable bonds is 2. The van der Waals surface area contributed by atoms with Crippen molar-refractivity contribution in [3.63, 3.8) is 0 Å². The highest BCUT2D eigenvalue weighted by Crippen LogP contribution is 2.33. The van der Waals surface area contributed by atoms with Gasteiger partial charge in [-0.25, -0.2) is 4.39 Å². The molecule has 2 fully saturated rings. The molecule has 3 N–H and O–H groups in total. The van der Waals surface area contributed by atoms with Gasteiger partial charge in [0.05, 0.1) is 16.8 Å². The predicted octanol–water partition coefficient (Wildman–Crippen LogP) is 0.154. The van der Waals surface area contributed by atoms with E-state index in [-0.39, 0.29) is 35.7 Å². The van der Waals surface area contributed by atoms with Crippen molar-refractivity contribution in [1.82, 2.24) is 10.2 Å². The molecule has 0 spiro atoms. The number of hydrogen-bond donors (Lipinski definition) is 2. The van der Waals surface area contributed by atoms with Gasteiger partial charge in [-0.2, -0.15) is 0 Å². The van der Waals surface area contributed by atoms with Gasteiger partial charge in [0.15, 0.2) is 0 Å². The number of anilines is 1. The fraction of sp³-hybridized carbons (Fsp3) is 0.444. The summed E-state index contributed by atoms with van der Waals surface area (Å²) in [5.74, 6) is -3.07. The van der Waals surface area contributed by atoms with Crippen LogP contribution in [0.15, 0.2) is 12.1 Å². The van der Waals surface area contributed by atoms with Gasteiger partial charge in [0.2, 0.25) is 11.8 Å². The predicted molar refractivity (Wildman–Crippen MR) is 92.5 cm³/mol. The van der Waals surface area contributed by atoms with Crippen molar-refractivity contribution in [3.05, 3.63) is 29.1 Å². The lowest BCUT2D eigenvalue weighted by Crippen LogP contribution is -2.54. The lowest BCUT2D eigenvalue weighted by Gasteiger charge is -2.32. The molecule has 1 aromatic rings. The Morgan fingerprint density at radius 2 is 1.63 bits per heavy atom. The number of imide groups is 2. The number of halogens is 1. The second-order valence-corrected chi connectivity index (χ2v) is 7.12. The van der Waals surface area contributed by atoms with Crippen LogP contribution in [0, 0.1) is 5.82 Å². The number of nitrogens with one attached hydrogen (secondary N) is 1. The number of benzene rings is 1. The summed E-state index contributed by atoms with van der Waals surface area (Å²) in [6, 6.07) is 1.46. The molecule has 0 aromatic heterocycles. The molecule has 2 saturated heterocycles. The number of amides is 4. The van der Waals surface area contributed by atoms with Crippen LogP contribution in [0.3, 0.4) is 0 Å². The first-order valence-corrected chi connectivity index (χ1v) is 8.92. The Bertz CT molecular complexity index is 863. The fourth-order valence-electron chi connectivity index (χ4n) is 3.86. The van der Waals surface area contributed by atoms with Crippen LogP contribution in [-0.2, 0) is 9.59 Å². The van der Waals surface area contributed by atoms with E-state index in [1.165, 1.54) is 6.07 Å². The van der Waals surface area contributed by atoms with E-state index >= 15 is 0 Å². The summed E-state index contributed by atoms with van der Waals surface area (Å²) in [6.45, 7) is 1.13. The van der Waals surface area contributed by atoms with Crippen molar-refractivity contribution in [2.24, 2.45) is 5.73 Å². The van der Waals surface area contributed by atoms with E-state index in [1.54, 1.807) is 0 Å². The summed E-state index contributed by atoms with van der Waals surface area (Å²) in [5.41, 5.74) is 6.16. The van der Waals surface area contributed by atoms with E-state index in [0.717, 1.165) is 11.0 Å². The molecule has 1 unspecified atom stereocenters. The molecule has 3 heterocycles. The molecule has 3 aliphatic rings. The molecule has 0 aliphatic carbocycles.